The Labute approximate surface area is 204 Å². The summed E-state index contributed by atoms with van der Waals surface area (Å²) in [5, 5.41) is 4.59. The fraction of sp³-hybridized carbons (Fsp3) is 0.417. The van der Waals surface area contributed by atoms with Crippen molar-refractivity contribution in [1.29, 1.82) is 0 Å². The number of benzene rings is 1. The molecule has 2 fully saturated rings. The van der Waals surface area contributed by atoms with Crippen LogP contribution in [0.1, 0.15) is 34.8 Å². The molecule has 3 aromatic rings. The van der Waals surface area contributed by atoms with E-state index < -0.39 is 23.4 Å². The van der Waals surface area contributed by atoms with Gasteiger partial charge in [-0.05, 0) is 18.9 Å². The van der Waals surface area contributed by atoms with Gasteiger partial charge in [0.2, 0.25) is 5.91 Å². The van der Waals surface area contributed by atoms with Gasteiger partial charge in [0, 0.05) is 44.8 Å². The van der Waals surface area contributed by atoms with Crippen LogP contribution in [0.15, 0.2) is 24.4 Å². The van der Waals surface area contributed by atoms with Gasteiger partial charge in [-0.15, -0.1) is 0 Å². The first-order valence-corrected chi connectivity index (χ1v) is 11.6. The number of nitrogens with two attached hydrogens (primary N) is 1. The summed E-state index contributed by atoms with van der Waals surface area (Å²) in [6.07, 6.45) is 2.56. The number of fused-ring (bicyclic) bond motifs is 1. The molecule has 2 saturated heterocycles. The Morgan fingerprint density at radius 3 is 2.69 bits per heavy atom. The number of halogens is 3. The Bertz CT molecular complexity index is 1340. The third kappa shape index (κ3) is 4.25. The number of hydrogen-bond donors (Lipinski definition) is 1. The zero-order chi connectivity index (χ0) is 25.6. The van der Waals surface area contributed by atoms with E-state index in [2.05, 4.69) is 10.1 Å². The third-order valence-corrected chi connectivity index (χ3v) is 6.80. The maximum atomic E-state index is 14.9. The van der Waals surface area contributed by atoms with Gasteiger partial charge in [-0.1, -0.05) is 0 Å². The molecule has 0 aliphatic carbocycles. The summed E-state index contributed by atoms with van der Waals surface area (Å²) in [4.78, 5) is 32.5. The molecule has 0 bridgehead atoms. The second kappa shape index (κ2) is 9.41. The van der Waals surface area contributed by atoms with Crippen molar-refractivity contribution in [3.8, 4) is 0 Å². The van der Waals surface area contributed by atoms with Crippen LogP contribution in [0.5, 0.6) is 0 Å². The molecule has 0 radical (unpaired) electrons. The summed E-state index contributed by atoms with van der Waals surface area (Å²) in [6, 6.07) is 3.03. The molecule has 2 aliphatic heterocycles. The molecule has 2 aromatic heterocycles. The number of ether oxygens (including phenoxy) is 1. The van der Waals surface area contributed by atoms with Crippen LogP contribution >= 0.6 is 0 Å². The number of carbonyl (C=O) groups is 2. The van der Waals surface area contributed by atoms with Gasteiger partial charge in [0.15, 0.2) is 5.82 Å². The van der Waals surface area contributed by atoms with E-state index in [4.69, 9.17) is 10.5 Å². The fourth-order valence-electron chi connectivity index (χ4n) is 5.01. The van der Waals surface area contributed by atoms with Gasteiger partial charge in [-0.3, -0.25) is 14.3 Å². The molecule has 190 valence electrons. The van der Waals surface area contributed by atoms with E-state index in [0.29, 0.717) is 18.8 Å². The summed E-state index contributed by atoms with van der Waals surface area (Å²) >= 11 is 0. The monoisotopic (exact) mass is 502 g/mol. The van der Waals surface area contributed by atoms with Gasteiger partial charge >= 0.3 is 0 Å². The van der Waals surface area contributed by atoms with E-state index in [9.17, 15) is 22.8 Å². The first kappa shape index (κ1) is 24.0. The third-order valence-electron chi connectivity index (χ3n) is 6.80. The van der Waals surface area contributed by atoms with E-state index in [1.807, 2.05) is 0 Å². The van der Waals surface area contributed by atoms with Gasteiger partial charge in [0.05, 0.1) is 41.0 Å². The van der Waals surface area contributed by atoms with E-state index in [0.717, 1.165) is 31.2 Å². The standard InChI is InChI=1S/C24H25F3N6O3/c1-36-12-15-3-2-4-32(15)21(34)11-33-19-6-14(25)5-17(26)22(19)23(30-33)13-9-31(10-13)24(35)16-7-20(28)29-8-18(16)27/h5-8,13,15H,2-4,9-12H2,1H3,(H2,28,29)/t15-/m0/s1. The predicted octanol–water partition coefficient (Wildman–Crippen LogP) is 2.31. The van der Waals surface area contributed by atoms with Crippen LogP contribution in [0.25, 0.3) is 10.9 Å². The summed E-state index contributed by atoms with van der Waals surface area (Å²) < 4.78 is 49.6. The van der Waals surface area contributed by atoms with Crippen LogP contribution in [0.3, 0.4) is 0 Å². The lowest BCUT2D eigenvalue weighted by Crippen LogP contribution is -2.49. The Balaban J connectivity index is 1.40. The number of hydrogen-bond acceptors (Lipinski definition) is 6. The highest BCUT2D eigenvalue weighted by atomic mass is 19.1. The average Bonchev–Trinajstić information content (AvgIpc) is 3.40. The lowest BCUT2D eigenvalue weighted by Gasteiger charge is -2.38. The minimum absolute atomic E-state index is 0.0149. The summed E-state index contributed by atoms with van der Waals surface area (Å²) in [5.41, 5.74) is 5.86. The van der Waals surface area contributed by atoms with E-state index >= 15 is 0 Å². The minimum atomic E-state index is -0.796. The molecule has 2 N–H and O–H groups in total. The van der Waals surface area contributed by atoms with Gasteiger partial charge in [0.1, 0.15) is 24.0 Å². The van der Waals surface area contributed by atoms with Crippen molar-refractivity contribution in [3.63, 3.8) is 0 Å². The van der Waals surface area contributed by atoms with Gasteiger partial charge in [-0.25, -0.2) is 18.2 Å². The predicted molar refractivity (Wildman–Crippen MR) is 124 cm³/mol. The molecule has 5 rings (SSSR count). The van der Waals surface area contributed by atoms with Gasteiger partial charge in [-0.2, -0.15) is 5.10 Å². The van der Waals surface area contributed by atoms with E-state index in [-0.39, 0.29) is 59.8 Å². The minimum Gasteiger partial charge on any atom is -0.384 e. The quantitative estimate of drug-likeness (QED) is 0.555. The number of aromatic nitrogens is 3. The number of amides is 2. The van der Waals surface area contributed by atoms with E-state index in [1.54, 1.807) is 12.0 Å². The SMILES string of the molecule is COC[C@@H]1CCCN1C(=O)Cn1nc(C2CN(C(=O)c3cc(N)ncc3F)C2)c2c(F)cc(F)cc21. The molecule has 12 heteroatoms. The van der Waals surface area contributed by atoms with Crippen molar-refractivity contribution in [2.45, 2.75) is 31.3 Å². The molecule has 9 nitrogen and oxygen atoms in total. The highest BCUT2D eigenvalue weighted by Gasteiger charge is 2.37. The van der Waals surface area contributed by atoms with Crippen LogP contribution in [0.2, 0.25) is 0 Å². The van der Waals surface area contributed by atoms with Crippen molar-refractivity contribution < 1.29 is 27.5 Å². The summed E-state index contributed by atoms with van der Waals surface area (Å²) in [5.74, 6) is -3.51. The Morgan fingerprint density at radius 2 is 1.94 bits per heavy atom. The van der Waals surface area contributed by atoms with Crippen molar-refractivity contribution in [2.24, 2.45) is 0 Å². The Hall–Kier alpha value is -3.67. The maximum Gasteiger partial charge on any atom is 0.257 e. The second-order valence-corrected chi connectivity index (χ2v) is 9.16. The molecule has 0 spiro atoms. The second-order valence-electron chi connectivity index (χ2n) is 9.16. The van der Waals surface area contributed by atoms with Crippen molar-refractivity contribution in [3.05, 3.63) is 53.1 Å². The smallest absolute Gasteiger partial charge is 0.257 e. The zero-order valence-corrected chi connectivity index (χ0v) is 19.6. The molecular weight excluding hydrogens is 477 g/mol. The first-order valence-electron chi connectivity index (χ1n) is 11.6. The molecule has 2 aliphatic rings. The average molecular weight is 502 g/mol. The van der Waals surface area contributed by atoms with Crippen LogP contribution < -0.4 is 5.73 Å². The van der Waals surface area contributed by atoms with Crippen LogP contribution in [0, 0.1) is 17.5 Å². The van der Waals surface area contributed by atoms with Crippen LogP contribution in [-0.4, -0.2) is 75.8 Å². The number of rotatable bonds is 6. The molecule has 0 saturated carbocycles. The maximum absolute atomic E-state index is 14.9. The molecule has 2 amide bonds. The van der Waals surface area contributed by atoms with Gasteiger partial charge in [0.25, 0.3) is 5.91 Å². The first-order chi connectivity index (χ1) is 17.3. The normalized spacial score (nSPS) is 18.2. The van der Waals surface area contributed by atoms with Crippen molar-refractivity contribution >= 4 is 28.5 Å². The van der Waals surface area contributed by atoms with E-state index in [1.165, 1.54) is 15.6 Å². The molecule has 1 aromatic carbocycles. The number of anilines is 1. The topological polar surface area (TPSA) is 107 Å². The number of likely N-dealkylation sites (tertiary alicyclic amines) is 2. The van der Waals surface area contributed by atoms with Crippen LogP contribution in [0.4, 0.5) is 19.0 Å². The van der Waals surface area contributed by atoms with Crippen molar-refractivity contribution in [1.82, 2.24) is 24.6 Å². The molecular formula is C24H25F3N6O3. The summed E-state index contributed by atoms with van der Waals surface area (Å²) in [6.45, 7) is 1.11. The Kier molecular flexibility index (Phi) is 6.29. The summed E-state index contributed by atoms with van der Waals surface area (Å²) in [7, 11) is 1.57. The number of carbonyl (C=O) groups excluding carboxylic acids is 2. The number of nitrogen functional groups attached to an aromatic ring is 1. The molecule has 1 atom stereocenters. The molecule has 36 heavy (non-hydrogen) atoms. The fourth-order valence-corrected chi connectivity index (χ4v) is 5.01. The highest BCUT2D eigenvalue weighted by Crippen LogP contribution is 2.35. The van der Waals surface area contributed by atoms with Gasteiger partial charge < -0.3 is 20.3 Å². The Morgan fingerprint density at radius 1 is 1.17 bits per heavy atom. The molecule has 0 unspecified atom stereocenters. The largest absolute Gasteiger partial charge is 0.384 e. The lowest BCUT2D eigenvalue weighted by atomic mass is 9.93. The zero-order valence-electron chi connectivity index (χ0n) is 19.6. The molecule has 4 heterocycles. The van der Waals surface area contributed by atoms with Crippen molar-refractivity contribution in [2.75, 3.05) is 39.1 Å². The number of nitrogens with zero attached hydrogens (tertiary/aromatic N) is 5. The highest BCUT2D eigenvalue weighted by molar-refractivity contribution is 5.96. The van der Waals surface area contributed by atoms with Crippen LogP contribution in [-0.2, 0) is 16.1 Å². The lowest BCUT2D eigenvalue weighted by molar-refractivity contribution is -0.133. The number of pyridine rings is 1. The number of methoxy groups -OCH3 is 1.